The molecule has 8 heteroatoms. The Hall–Kier alpha value is -1.41. The number of nitrogens with zero attached hydrogens (tertiary/aromatic N) is 4. The number of hydrogen-bond acceptors (Lipinski definition) is 5. The number of thioether (sulfide) groups is 1. The average molecular weight is 424 g/mol. The van der Waals surface area contributed by atoms with Gasteiger partial charge in [0.1, 0.15) is 0 Å². The molecule has 0 aliphatic heterocycles. The Morgan fingerprint density at radius 2 is 2.12 bits per heavy atom. The molecule has 0 radical (unpaired) electrons. The quantitative estimate of drug-likeness (QED) is 0.722. The number of nitrogens with one attached hydrogen (secondary N) is 1. The zero-order valence-corrected chi connectivity index (χ0v) is 16.8. The number of hydrogen-bond donors (Lipinski definition) is 1. The Bertz CT molecular complexity index is 744. The minimum absolute atomic E-state index is 0.0623. The van der Waals surface area contributed by atoms with E-state index >= 15 is 0 Å². The van der Waals surface area contributed by atoms with E-state index in [2.05, 4.69) is 36.8 Å². The van der Waals surface area contributed by atoms with Gasteiger partial charge in [-0.1, -0.05) is 37.1 Å². The Kier molecular flexibility index (Phi) is 6.11. The maximum Gasteiger partial charge on any atom is 0.237 e. The molecule has 0 saturated heterocycles. The van der Waals surface area contributed by atoms with E-state index in [1.807, 2.05) is 36.7 Å². The summed E-state index contributed by atoms with van der Waals surface area (Å²) in [7, 11) is 0. The fraction of sp³-hybridized carbons (Fsp3) is 0.529. The molecule has 0 bridgehead atoms. The predicted molar refractivity (Wildman–Crippen MR) is 103 cm³/mol. The summed E-state index contributed by atoms with van der Waals surface area (Å²) in [6, 6.07) is 6.22. The molecule has 25 heavy (non-hydrogen) atoms. The fourth-order valence-electron chi connectivity index (χ4n) is 2.99. The van der Waals surface area contributed by atoms with Gasteiger partial charge in [0.2, 0.25) is 11.1 Å². The number of carbonyl (C=O) groups is 1. The first kappa shape index (κ1) is 18.4. The van der Waals surface area contributed by atoms with Crippen molar-refractivity contribution in [2.24, 2.45) is 0 Å². The molecule has 1 fully saturated rings. The minimum atomic E-state index is -0.290. The highest BCUT2D eigenvalue weighted by Crippen LogP contribution is 2.32. The van der Waals surface area contributed by atoms with E-state index in [0.29, 0.717) is 6.04 Å². The summed E-state index contributed by atoms with van der Waals surface area (Å²) < 4.78 is 2.78. The molecule has 1 aromatic heterocycles. The lowest BCUT2D eigenvalue weighted by Crippen LogP contribution is -2.24. The van der Waals surface area contributed by atoms with Crippen LogP contribution >= 0.6 is 27.7 Å². The van der Waals surface area contributed by atoms with Gasteiger partial charge < -0.3 is 5.32 Å². The van der Waals surface area contributed by atoms with Gasteiger partial charge in [0.25, 0.3) is 0 Å². The molecule has 1 aliphatic carbocycles. The SMILES string of the molecule is Cc1ccc(NC(=O)[C@@H](C)Sc2nnnn2C2CCCCC2)c(Br)c1. The lowest BCUT2D eigenvalue weighted by Gasteiger charge is -2.22. The van der Waals surface area contributed by atoms with E-state index in [1.165, 1.54) is 31.0 Å². The van der Waals surface area contributed by atoms with Crippen molar-refractivity contribution in [2.75, 3.05) is 5.32 Å². The van der Waals surface area contributed by atoms with Gasteiger partial charge in [0.05, 0.1) is 17.0 Å². The first-order valence-electron chi connectivity index (χ1n) is 8.56. The number of anilines is 1. The molecule has 0 spiro atoms. The van der Waals surface area contributed by atoms with Gasteiger partial charge >= 0.3 is 0 Å². The van der Waals surface area contributed by atoms with Gasteiger partial charge in [-0.3, -0.25) is 4.79 Å². The third kappa shape index (κ3) is 4.61. The van der Waals surface area contributed by atoms with Gasteiger partial charge in [0, 0.05) is 4.47 Å². The standard InChI is InChI=1S/C17H22BrN5OS/c1-11-8-9-15(14(18)10-11)19-16(24)12(2)25-17-20-21-22-23(17)13-6-4-3-5-7-13/h8-10,12-13H,3-7H2,1-2H3,(H,19,24)/t12-/m1/s1. The van der Waals surface area contributed by atoms with Gasteiger partial charge in [-0.05, 0) is 70.7 Å². The van der Waals surface area contributed by atoms with Crippen LogP contribution in [0.1, 0.15) is 50.6 Å². The largest absolute Gasteiger partial charge is 0.324 e. The van der Waals surface area contributed by atoms with E-state index in [9.17, 15) is 4.79 Å². The number of benzene rings is 1. The summed E-state index contributed by atoms with van der Waals surface area (Å²) in [5.74, 6) is -0.0623. The van der Waals surface area contributed by atoms with E-state index in [-0.39, 0.29) is 11.2 Å². The van der Waals surface area contributed by atoms with E-state index in [1.54, 1.807) is 0 Å². The molecule has 0 unspecified atom stereocenters. The van der Waals surface area contributed by atoms with E-state index in [0.717, 1.165) is 33.7 Å². The second kappa shape index (κ2) is 8.31. The predicted octanol–water partition coefficient (Wildman–Crippen LogP) is 4.37. The second-order valence-corrected chi connectivity index (χ2v) is 8.59. The van der Waals surface area contributed by atoms with E-state index < -0.39 is 0 Å². The van der Waals surface area contributed by atoms with Crippen LogP contribution in [0.15, 0.2) is 27.8 Å². The first-order valence-corrected chi connectivity index (χ1v) is 10.2. The van der Waals surface area contributed by atoms with Gasteiger partial charge in [0.15, 0.2) is 0 Å². The number of carbonyl (C=O) groups excluding carboxylic acids is 1. The van der Waals surface area contributed by atoms with Crippen LogP contribution < -0.4 is 5.32 Å². The fourth-order valence-corrected chi connectivity index (χ4v) is 4.44. The lowest BCUT2D eigenvalue weighted by atomic mass is 9.96. The molecule has 1 amide bonds. The minimum Gasteiger partial charge on any atom is -0.324 e. The van der Waals surface area contributed by atoms with Crippen LogP contribution in [0.3, 0.4) is 0 Å². The van der Waals surface area contributed by atoms with Crippen molar-refractivity contribution >= 4 is 39.3 Å². The smallest absolute Gasteiger partial charge is 0.237 e. The number of aryl methyl sites for hydroxylation is 1. The van der Waals surface area contributed by atoms with Crippen molar-refractivity contribution in [1.29, 1.82) is 0 Å². The van der Waals surface area contributed by atoms with E-state index in [4.69, 9.17) is 0 Å². The van der Waals surface area contributed by atoms with Crippen LogP contribution in [0.4, 0.5) is 5.69 Å². The van der Waals surface area contributed by atoms with Crippen molar-refractivity contribution in [1.82, 2.24) is 20.2 Å². The third-order valence-corrected chi connectivity index (χ3v) is 6.12. The number of amides is 1. The second-order valence-electron chi connectivity index (χ2n) is 6.43. The molecule has 1 aromatic carbocycles. The molecule has 2 aromatic rings. The van der Waals surface area contributed by atoms with Crippen LogP contribution in [0.5, 0.6) is 0 Å². The van der Waals surface area contributed by atoms with Crippen LogP contribution in [0, 0.1) is 6.92 Å². The third-order valence-electron chi connectivity index (χ3n) is 4.42. The Morgan fingerprint density at radius 1 is 1.36 bits per heavy atom. The molecule has 134 valence electrons. The van der Waals surface area contributed by atoms with Gasteiger partial charge in [-0.15, -0.1) is 5.10 Å². The summed E-state index contributed by atoms with van der Waals surface area (Å²) in [5, 5.41) is 15.5. The molecular weight excluding hydrogens is 402 g/mol. The van der Waals surface area contributed by atoms with Gasteiger partial charge in [-0.2, -0.15) is 0 Å². The Labute approximate surface area is 160 Å². The monoisotopic (exact) mass is 423 g/mol. The molecule has 6 nitrogen and oxygen atoms in total. The number of halogens is 1. The lowest BCUT2D eigenvalue weighted by molar-refractivity contribution is -0.115. The van der Waals surface area contributed by atoms with Crippen molar-refractivity contribution < 1.29 is 4.79 Å². The summed E-state index contributed by atoms with van der Waals surface area (Å²) in [5.41, 5.74) is 1.91. The summed E-state index contributed by atoms with van der Waals surface area (Å²) in [6.07, 6.45) is 5.93. The molecular formula is C17H22BrN5OS. The Balaban J connectivity index is 1.65. The first-order chi connectivity index (χ1) is 12.0. The number of rotatable bonds is 5. The highest BCUT2D eigenvalue weighted by molar-refractivity contribution is 9.10. The van der Waals surface area contributed by atoms with Crippen molar-refractivity contribution in [3.63, 3.8) is 0 Å². The van der Waals surface area contributed by atoms with Crippen LogP contribution in [0.2, 0.25) is 0 Å². The summed E-state index contributed by atoms with van der Waals surface area (Å²) >= 11 is 4.90. The number of tetrazole rings is 1. The summed E-state index contributed by atoms with van der Waals surface area (Å²) in [4.78, 5) is 12.5. The molecule has 1 saturated carbocycles. The van der Waals surface area contributed by atoms with Gasteiger partial charge in [-0.25, -0.2) is 4.68 Å². The topological polar surface area (TPSA) is 72.7 Å². The number of aromatic nitrogens is 4. The average Bonchev–Trinajstić information content (AvgIpc) is 3.06. The highest BCUT2D eigenvalue weighted by atomic mass is 79.9. The van der Waals surface area contributed by atoms with Crippen LogP contribution in [-0.4, -0.2) is 31.4 Å². The maximum atomic E-state index is 12.5. The summed E-state index contributed by atoms with van der Waals surface area (Å²) in [6.45, 7) is 3.89. The normalized spacial score (nSPS) is 16.6. The highest BCUT2D eigenvalue weighted by Gasteiger charge is 2.24. The van der Waals surface area contributed by atoms with Crippen LogP contribution in [-0.2, 0) is 4.79 Å². The van der Waals surface area contributed by atoms with Crippen molar-refractivity contribution in [3.8, 4) is 0 Å². The van der Waals surface area contributed by atoms with Crippen molar-refractivity contribution in [2.45, 2.75) is 62.4 Å². The molecule has 3 rings (SSSR count). The van der Waals surface area contributed by atoms with Crippen molar-refractivity contribution in [3.05, 3.63) is 28.2 Å². The molecule has 1 N–H and O–H groups in total. The molecule has 1 aliphatic rings. The maximum absolute atomic E-state index is 12.5. The van der Waals surface area contributed by atoms with Crippen LogP contribution in [0.25, 0.3) is 0 Å². The molecule has 1 atom stereocenters. The zero-order chi connectivity index (χ0) is 17.8. The molecule has 1 heterocycles. The zero-order valence-electron chi connectivity index (χ0n) is 14.4. The Morgan fingerprint density at radius 3 is 2.84 bits per heavy atom.